The average Bonchev–Trinajstić information content (AvgIpc) is 2.68. The molecule has 0 unspecified atom stereocenters. The van der Waals surface area contributed by atoms with Gasteiger partial charge in [0.2, 0.25) is 5.91 Å². The van der Waals surface area contributed by atoms with Crippen LogP contribution in [0.2, 0.25) is 0 Å². The van der Waals surface area contributed by atoms with Crippen molar-refractivity contribution in [2.75, 3.05) is 37.6 Å². The van der Waals surface area contributed by atoms with Crippen LogP contribution in [0, 0.1) is 18.3 Å². The number of amides is 1. The molecule has 0 radical (unpaired) electrons. The molecule has 1 N–H and O–H groups in total. The van der Waals surface area contributed by atoms with E-state index < -0.39 is 5.54 Å². The van der Waals surface area contributed by atoms with Crippen molar-refractivity contribution >= 4 is 11.7 Å². The molecular formula is C21H32N6O. The Hall–Kier alpha value is -2.20. The van der Waals surface area contributed by atoms with E-state index in [2.05, 4.69) is 40.0 Å². The molecule has 1 amide bonds. The van der Waals surface area contributed by atoms with Gasteiger partial charge in [0.25, 0.3) is 0 Å². The summed E-state index contributed by atoms with van der Waals surface area (Å²) in [5.41, 5.74) is 0.341. The summed E-state index contributed by atoms with van der Waals surface area (Å²) >= 11 is 0. The third-order valence-corrected chi connectivity index (χ3v) is 5.74. The Morgan fingerprint density at radius 1 is 1.21 bits per heavy atom. The van der Waals surface area contributed by atoms with Crippen molar-refractivity contribution in [1.82, 2.24) is 20.2 Å². The monoisotopic (exact) mass is 384 g/mol. The second-order valence-corrected chi connectivity index (χ2v) is 8.45. The van der Waals surface area contributed by atoms with Gasteiger partial charge < -0.3 is 10.2 Å². The fraction of sp³-hybridized carbons (Fsp3) is 0.714. The van der Waals surface area contributed by atoms with Crippen LogP contribution in [-0.4, -0.2) is 59.0 Å². The summed E-state index contributed by atoms with van der Waals surface area (Å²) in [5, 5.41) is 12.6. The minimum absolute atomic E-state index is 0.0307. The number of hydrogen-bond donors (Lipinski definition) is 1. The smallest absolute Gasteiger partial charge is 0.235 e. The van der Waals surface area contributed by atoms with Gasteiger partial charge in [-0.2, -0.15) is 5.26 Å². The van der Waals surface area contributed by atoms with Crippen LogP contribution in [0.1, 0.15) is 63.4 Å². The maximum Gasteiger partial charge on any atom is 0.235 e. The van der Waals surface area contributed by atoms with E-state index in [1.165, 1.54) is 0 Å². The standard InChI is InChI=1S/C21H32N6O/c1-16(2)20-23-17(3)13-18(24-20)27-11-9-26(10-12-27)14-19(28)25-21(15-22)7-5-4-6-8-21/h13,16H,4-12,14H2,1-3H3,(H,25,28). The molecule has 2 fully saturated rings. The lowest BCUT2D eigenvalue weighted by Gasteiger charge is -2.36. The van der Waals surface area contributed by atoms with Crippen molar-refractivity contribution in [3.8, 4) is 6.07 Å². The molecule has 1 aromatic heterocycles. The lowest BCUT2D eigenvalue weighted by Crippen LogP contribution is -2.54. The first kappa shape index (κ1) is 20.5. The summed E-state index contributed by atoms with van der Waals surface area (Å²) in [4.78, 5) is 26.2. The number of nitrogens with zero attached hydrogens (tertiary/aromatic N) is 5. The van der Waals surface area contributed by atoms with Gasteiger partial charge in [-0.25, -0.2) is 9.97 Å². The number of nitrogens with one attached hydrogen (secondary N) is 1. The summed E-state index contributed by atoms with van der Waals surface area (Å²) in [6.07, 6.45) is 4.73. The predicted molar refractivity (Wildman–Crippen MR) is 109 cm³/mol. The van der Waals surface area contributed by atoms with E-state index >= 15 is 0 Å². The summed E-state index contributed by atoms with van der Waals surface area (Å²) in [7, 11) is 0. The highest BCUT2D eigenvalue weighted by Gasteiger charge is 2.34. The zero-order valence-electron chi connectivity index (χ0n) is 17.4. The number of rotatable bonds is 5. The van der Waals surface area contributed by atoms with Gasteiger partial charge in [0, 0.05) is 43.9 Å². The van der Waals surface area contributed by atoms with Gasteiger partial charge in [0.1, 0.15) is 17.2 Å². The first-order valence-corrected chi connectivity index (χ1v) is 10.5. The Labute approximate surface area is 168 Å². The largest absolute Gasteiger partial charge is 0.354 e. The van der Waals surface area contributed by atoms with Crippen LogP contribution in [0.4, 0.5) is 5.82 Å². The molecule has 0 bridgehead atoms. The van der Waals surface area contributed by atoms with Crippen molar-refractivity contribution in [2.45, 2.75) is 64.3 Å². The Bertz CT molecular complexity index is 727. The first-order chi connectivity index (χ1) is 13.4. The van der Waals surface area contributed by atoms with Gasteiger partial charge in [-0.05, 0) is 19.8 Å². The topological polar surface area (TPSA) is 85.1 Å². The van der Waals surface area contributed by atoms with Crippen LogP contribution in [0.5, 0.6) is 0 Å². The van der Waals surface area contributed by atoms with Crippen molar-refractivity contribution in [3.05, 3.63) is 17.6 Å². The molecule has 1 saturated heterocycles. The first-order valence-electron chi connectivity index (χ1n) is 10.5. The molecule has 7 heteroatoms. The van der Waals surface area contributed by atoms with E-state index in [9.17, 15) is 10.1 Å². The Balaban J connectivity index is 1.53. The predicted octanol–water partition coefficient (Wildman–Crippen LogP) is 2.37. The van der Waals surface area contributed by atoms with Gasteiger partial charge in [-0.3, -0.25) is 9.69 Å². The minimum atomic E-state index is -0.650. The molecule has 28 heavy (non-hydrogen) atoms. The third kappa shape index (κ3) is 4.99. The van der Waals surface area contributed by atoms with E-state index in [-0.39, 0.29) is 5.91 Å². The Kier molecular flexibility index (Phi) is 6.50. The van der Waals surface area contributed by atoms with Gasteiger partial charge in [-0.1, -0.05) is 33.1 Å². The van der Waals surface area contributed by atoms with Gasteiger partial charge in [0.05, 0.1) is 12.6 Å². The number of aryl methyl sites for hydroxylation is 1. The highest BCUT2D eigenvalue weighted by molar-refractivity contribution is 5.79. The number of carbonyl (C=O) groups is 1. The van der Waals surface area contributed by atoms with E-state index in [0.717, 1.165) is 75.6 Å². The molecule has 1 aliphatic carbocycles. The van der Waals surface area contributed by atoms with Crippen molar-refractivity contribution in [1.29, 1.82) is 5.26 Å². The Morgan fingerprint density at radius 2 is 1.89 bits per heavy atom. The van der Waals surface area contributed by atoms with Crippen molar-refractivity contribution in [3.63, 3.8) is 0 Å². The number of anilines is 1. The SMILES string of the molecule is Cc1cc(N2CCN(CC(=O)NC3(C#N)CCCCC3)CC2)nc(C(C)C)n1. The molecule has 1 aromatic rings. The van der Waals surface area contributed by atoms with Gasteiger partial charge in [-0.15, -0.1) is 0 Å². The number of hydrogen-bond acceptors (Lipinski definition) is 6. The molecule has 2 heterocycles. The second kappa shape index (κ2) is 8.87. The fourth-order valence-electron chi connectivity index (χ4n) is 4.06. The van der Waals surface area contributed by atoms with E-state index in [1.54, 1.807) is 0 Å². The molecule has 7 nitrogen and oxygen atoms in total. The highest BCUT2D eigenvalue weighted by atomic mass is 16.2. The summed E-state index contributed by atoms with van der Waals surface area (Å²) in [5.74, 6) is 2.13. The number of nitriles is 1. The summed E-state index contributed by atoms with van der Waals surface area (Å²) in [6, 6.07) is 4.40. The third-order valence-electron chi connectivity index (χ3n) is 5.74. The normalized spacial score (nSPS) is 20.0. The van der Waals surface area contributed by atoms with Gasteiger partial charge in [0.15, 0.2) is 0 Å². The van der Waals surface area contributed by atoms with E-state index in [1.807, 2.05) is 13.0 Å². The quantitative estimate of drug-likeness (QED) is 0.839. The molecular weight excluding hydrogens is 352 g/mol. The van der Waals surface area contributed by atoms with Crippen LogP contribution in [0.3, 0.4) is 0 Å². The second-order valence-electron chi connectivity index (χ2n) is 8.45. The molecule has 0 aromatic carbocycles. The van der Waals surface area contributed by atoms with Crippen molar-refractivity contribution in [2.24, 2.45) is 0 Å². The number of carbonyl (C=O) groups excluding carboxylic acids is 1. The molecule has 0 atom stereocenters. The van der Waals surface area contributed by atoms with Crippen LogP contribution in [0.25, 0.3) is 0 Å². The maximum atomic E-state index is 12.5. The number of piperazine rings is 1. The lowest BCUT2D eigenvalue weighted by molar-refractivity contribution is -0.124. The summed E-state index contributed by atoms with van der Waals surface area (Å²) in [6.45, 7) is 9.88. The van der Waals surface area contributed by atoms with Crippen LogP contribution >= 0.6 is 0 Å². The Morgan fingerprint density at radius 3 is 2.50 bits per heavy atom. The lowest BCUT2D eigenvalue weighted by atomic mass is 9.83. The number of aromatic nitrogens is 2. The zero-order chi connectivity index (χ0) is 20.1. The average molecular weight is 385 g/mol. The molecule has 152 valence electrons. The molecule has 2 aliphatic rings. The van der Waals surface area contributed by atoms with Crippen LogP contribution in [0.15, 0.2) is 6.07 Å². The molecule has 1 saturated carbocycles. The summed E-state index contributed by atoms with van der Waals surface area (Å²) < 4.78 is 0. The van der Waals surface area contributed by atoms with Crippen LogP contribution < -0.4 is 10.2 Å². The maximum absolute atomic E-state index is 12.5. The fourth-order valence-corrected chi connectivity index (χ4v) is 4.06. The minimum Gasteiger partial charge on any atom is -0.354 e. The van der Waals surface area contributed by atoms with Gasteiger partial charge >= 0.3 is 0 Å². The zero-order valence-corrected chi connectivity index (χ0v) is 17.4. The van der Waals surface area contributed by atoms with E-state index in [4.69, 9.17) is 4.98 Å². The highest BCUT2D eigenvalue weighted by Crippen LogP contribution is 2.27. The molecule has 0 spiro atoms. The van der Waals surface area contributed by atoms with Crippen LogP contribution in [-0.2, 0) is 4.79 Å². The molecule has 1 aliphatic heterocycles. The van der Waals surface area contributed by atoms with Crippen molar-refractivity contribution < 1.29 is 4.79 Å². The molecule has 3 rings (SSSR count). The van der Waals surface area contributed by atoms with E-state index in [0.29, 0.717) is 12.5 Å².